The second-order valence-electron chi connectivity index (χ2n) is 4.15. The number of aromatic carboxylic acids is 1. The number of nitrogens with zero attached hydrogens (tertiary/aromatic N) is 2. The molecule has 0 saturated carbocycles. The van der Waals surface area contributed by atoms with Gasteiger partial charge in [0.15, 0.2) is 5.69 Å². The van der Waals surface area contributed by atoms with Crippen molar-refractivity contribution in [3.8, 4) is 0 Å². The molecular weight excluding hydrogens is 192 g/mol. The Kier molecular flexibility index (Phi) is 2.00. The van der Waals surface area contributed by atoms with Gasteiger partial charge in [-0.15, -0.1) is 0 Å². The third kappa shape index (κ3) is 1.70. The van der Waals surface area contributed by atoms with Crippen LogP contribution >= 0.6 is 0 Å². The minimum absolute atomic E-state index is 0.0729. The molecule has 0 aliphatic carbocycles. The van der Waals surface area contributed by atoms with Crippen molar-refractivity contribution in [2.75, 3.05) is 0 Å². The fourth-order valence-electron chi connectivity index (χ4n) is 1.42. The zero-order chi connectivity index (χ0) is 11.1. The van der Waals surface area contributed by atoms with Crippen LogP contribution < -0.4 is 0 Å². The number of imidazole rings is 1. The molecule has 78 valence electrons. The molecule has 0 aromatic carbocycles. The summed E-state index contributed by atoms with van der Waals surface area (Å²) in [6.45, 7) is 4.10. The summed E-state index contributed by atoms with van der Waals surface area (Å²) in [6, 6.07) is 0. The largest absolute Gasteiger partial charge is 0.477 e. The van der Waals surface area contributed by atoms with Gasteiger partial charge in [0.2, 0.25) is 0 Å². The van der Waals surface area contributed by atoms with Crippen LogP contribution in [0.5, 0.6) is 0 Å². The minimum Gasteiger partial charge on any atom is -0.477 e. The molecule has 15 heavy (non-hydrogen) atoms. The lowest BCUT2D eigenvalue weighted by molar-refractivity contribution is 0.0688. The molecule has 0 unspecified atom stereocenters. The van der Waals surface area contributed by atoms with E-state index in [9.17, 15) is 4.79 Å². The lowest BCUT2D eigenvalue weighted by Gasteiger charge is -2.11. The molecular formula is C11H12N2O2. The highest BCUT2D eigenvalue weighted by atomic mass is 16.4. The Bertz CT molecular complexity index is 467. The summed E-state index contributed by atoms with van der Waals surface area (Å²) >= 11 is 0. The van der Waals surface area contributed by atoms with Gasteiger partial charge in [0.1, 0.15) is 5.82 Å². The average molecular weight is 204 g/mol. The maximum Gasteiger partial charge on any atom is 0.354 e. The number of rotatable bonds is 1. The van der Waals surface area contributed by atoms with Crippen molar-refractivity contribution in [1.82, 2.24) is 9.55 Å². The molecule has 1 aromatic heterocycles. The number of hydrogen-bond donors (Lipinski definition) is 1. The van der Waals surface area contributed by atoms with E-state index in [1.807, 2.05) is 32.1 Å². The molecule has 2 heterocycles. The van der Waals surface area contributed by atoms with Crippen molar-refractivity contribution in [3.05, 3.63) is 29.9 Å². The predicted octanol–water partition coefficient (Wildman–Crippen LogP) is 2.10. The SMILES string of the molecule is CC1(C)C=Cc2ncc(C(=O)O)n2C=C1. The highest BCUT2D eigenvalue weighted by Gasteiger charge is 2.17. The summed E-state index contributed by atoms with van der Waals surface area (Å²) in [6.07, 6.45) is 8.91. The fourth-order valence-corrected chi connectivity index (χ4v) is 1.42. The third-order valence-electron chi connectivity index (χ3n) is 2.36. The Labute approximate surface area is 87.6 Å². The standard InChI is InChI=1S/C11H12N2O2/c1-11(2)4-3-9-12-7-8(10(14)15)13(9)6-5-11/h3-7H,1-2H3,(H,14,15). The van der Waals surface area contributed by atoms with Crippen LogP contribution in [-0.4, -0.2) is 20.6 Å². The number of carboxylic acids is 1. The van der Waals surface area contributed by atoms with Crippen molar-refractivity contribution in [3.63, 3.8) is 0 Å². The number of fused-ring (bicyclic) bond motifs is 1. The second-order valence-corrected chi connectivity index (χ2v) is 4.15. The zero-order valence-electron chi connectivity index (χ0n) is 8.64. The van der Waals surface area contributed by atoms with Gasteiger partial charge in [0.05, 0.1) is 6.20 Å². The van der Waals surface area contributed by atoms with Gasteiger partial charge in [0.25, 0.3) is 0 Å². The molecule has 1 aromatic rings. The second kappa shape index (κ2) is 3.08. The van der Waals surface area contributed by atoms with E-state index in [0.29, 0.717) is 5.82 Å². The van der Waals surface area contributed by atoms with E-state index in [4.69, 9.17) is 5.11 Å². The monoisotopic (exact) mass is 204 g/mol. The number of hydrogen-bond acceptors (Lipinski definition) is 2. The Morgan fingerprint density at radius 1 is 1.47 bits per heavy atom. The predicted molar refractivity (Wildman–Crippen MR) is 57.3 cm³/mol. The van der Waals surface area contributed by atoms with Crippen molar-refractivity contribution < 1.29 is 9.90 Å². The molecule has 1 aliphatic heterocycles. The normalized spacial score (nSPS) is 17.2. The minimum atomic E-state index is -0.966. The Morgan fingerprint density at radius 3 is 2.87 bits per heavy atom. The van der Waals surface area contributed by atoms with Crippen LogP contribution in [0.4, 0.5) is 0 Å². The number of carbonyl (C=O) groups is 1. The van der Waals surface area contributed by atoms with E-state index in [2.05, 4.69) is 4.98 Å². The highest BCUT2D eigenvalue weighted by Crippen LogP contribution is 2.24. The summed E-state index contributed by atoms with van der Waals surface area (Å²) in [5, 5.41) is 8.93. The van der Waals surface area contributed by atoms with Gasteiger partial charge in [-0.05, 0) is 6.08 Å². The Morgan fingerprint density at radius 2 is 2.20 bits per heavy atom. The molecule has 0 saturated heterocycles. The van der Waals surface area contributed by atoms with Crippen LogP contribution in [0.3, 0.4) is 0 Å². The van der Waals surface area contributed by atoms with Crippen molar-refractivity contribution in [1.29, 1.82) is 0 Å². The topological polar surface area (TPSA) is 55.1 Å². The zero-order valence-corrected chi connectivity index (χ0v) is 8.64. The van der Waals surface area contributed by atoms with Gasteiger partial charge in [-0.2, -0.15) is 0 Å². The first-order valence-electron chi connectivity index (χ1n) is 4.69. The smallest absolute Gasteiger partial charge is 0.354 e. The maximum absolute atomic E-state index is 10.9. The van der Waals surface area contributed by atoms with Crippen molar-refractivity contribution in [2.24, 2.45) is 5.41 Å². The number of carboxylic acid groups (broad SMARTS) is 1. The molecule has 0 amide bonds. The van der Waals surface area contributed by atoms with Crippen LogP contribution in [0.25, 0.3) is 12.3 Å². The first-order chi connectivity index (χ1) is 6.99. The Balaban J connectivity index is 2.55. The number of aromatic nitrogens is 2. The van der Waals surface area contributed by atoms with E-state index in [0.717, 1.165) is 0 Å². The lowest BCUT2D eigenvalue weighted by atomic mass is 9.93. The lowest BCUT2D eigenvalue weighted by Crippen LogP contribution is -2.04. The average Bonchev–Trinajstić information content (AvgIpc) is 2.49. The molecule has 4 heteroatoms. The van der Waals surface area contributed by atoms with Gasteiger partial charge in [-0.25, -0.2) is 9.78 Å². The molecule has 0 atom stereocenters. The number of allylic oxidation sites excluding steroid dienone is 2. The van der Waals surface area contributed by atoms with Gasteiger partial charge >= 0.3 is 5.97 Å². The first-order valence-corrected chi connectivity index (χ1v) is 4.69. The summed E-state index contributed by atoms with van der Waals surface area (Å²) in [7, 11) is 0. The van der Waals surface area contributed by atoms with Gasteiger partial charge < -0.3 is 5.11 Å². The van der Waals surface area contributed by atoms with Gasteiger partial charge in [0, 0.05) is 11.6 Å². The molecule has 0 fully saturated rings. The van der Waals surface area contributed by atoms with Crippen molar-refractivity contribution >= 4 is 18.2 Å². The fraction of sp³-hybridized carbons (Fsp3) is 0.273. The first kappa shape index (κ1) is 9.71. The van der Waals surface area contributed by atoms with Crippen LogP contribution in [0.15, 0.2) is 18.3 Å². The Hall–Kier alpha value is -1.84. The van der Waals surface area contributed by atoms with Crippen molar-refractivity contribution in [2.45, 2.75) is 13.8 Å². The molecule has 4 nitrogen and oxygen atoms in total. The maximum atomic E-state index is 10.9. The molecule has 1 aliphatic rings. The molecule has 2 rings (SSSR count). The third-order valence-corrected chi connectivity index (χ3v) is 2.36. The quantitative estimate of drug-likeness (QED) is 0.762. The van der Waals surface area contributed by atoms with E-state index in [-0.39, 0.29) is 11.1 Å². The van der Waals surface area contributed by atoms with Gasteiger partial charge in [-0.3, -0.25) is 4.57 Å². The molecule has 1 N–H and O–H groups in total. The van der Waals surface area contributed by atoms with Crippen LogP contribution in [0, 0.1) is 5.41 Å². The summed E-state index contributed by atoms with van der Waals surface area (Å²) < 4.78 is 1.58. The van der Waals surface area contributed by atoms with E-state index in [1.165, 1.54) is 6.20 Å². The highest BCUT2D eigenvalue weighted by molar-refractivity contribution is 5.87. The summed E-state index contributed by atoms with van der Waals surface area (Å²) in [5.41, 5.74) is 0.111. The van der Waals surface area contributed by atoms with Crippen LogP contribution in [0.2, 0.25) is 0 Å². The summed E-state index contributed by atoms with van der Waals surface area (Å²) in [5.74, 6) is -0.319. The molecule has 0 bridgehead atoms. The van der Waals surface area contributed by atoms with Crippen LogP contribution in [0.1, 0.15) is 30.2 Å². The molecule has 0 radical (unpaired) electrons. The van der Waals surface area contributed by atoms with Crippen LogP contribution in [-0.2, 0) is 0 Å². The van der Waals surface area contributed by atoms with E-state index in [1.54, 1.807) is 10.8 Å². The van der Waals surface area contributed by atoms with E-state index >= 15 is 0 Å². The summed E-state index contributed by atoms with van der Waals surface area (Å²) in [4.78, 5) is 14.9. The molecule has 0 spiro atoms. The van der Waals surface area contributed by atoms with Gasteiger partial charge in [-0.1, -0.05) is 26.0 Å². The van der Waals surface area contributed by atoms with E-state index < -0.39 is 5.97 Å².